The quantitative estimate of drug-likeness (QED) is 0.414. The van der Waals surface area contributed by atoms with Crippen LogP contribution in [0.2, 0.25) is 0 Å². The molecule has 1 aromatic heterocycles. The molecule has 7 rings (SSSR count). The molecule has 2 N–H and O–H groups in total. The SMILES string of the molecule is CN(C(=O)c1cccc(-n2nc(C(F)(F)F)cc2C(O)C23CC(C(=O)O)(C2)C3)c1)c1ccc2c(c1)OC(F)(F)O2. The van der Waals surface area contributed by atoms with E-state index < -0.39 is 47.0 Å². The predicted molar refractivity (Wildman–Crippen MR) is 125 cm³/mol. The van der Waals surface area contributed by atoms with Crippen molar-refractivity contribution in [3.8, 4) is 17.2 Å². The molecular weight excluding hydrogens is 545 g/mol. The number of amides is 1. The zero-order chi connectivity index (χ0) is 28.8. The Hall–Kier alpha value is -4.20. The highest BCUT2D eigenvalue weighted by Crippen LogP contribution is 2.77. The molecule has 1 amide bonds. The summed E-state index contributed by atoms with van der Waals surface area (Å²) in [6, 6.07) is 9.99. The van der Waals surface area contributed by atoms with E-state index in [2.05, 4.69) is 14.6 Å². The van der Waals surface area contributed by atoms with Crippen molar-refractivity contribution in [1.82, 2.24) is 9.78 Å². The van der Waals surface area contributed by atoms with Crippen molar-refractivity contribution in [2.75, 3.05) is 11.9 Å². The van der Waals surface area contributed by atoms with Crippen molar-refractivity contribution in [2.45, 2.75) is 37.8 Å². The summed E-state index contributed by atoms with van der Waals surface area (Å²) in [6.45, 7) is 0. The van der Waals surface area contributed by atoms with Crippen LogP contribution in [0.25, 0.3) is 5.69 Å². The number of benzene rings is 2. The number of carbonyl (C=O) groups is 2. The second-order valence-corrected chi connectivity index (χ2v) is 10.5. The highest BCUT2D eigenvalue weighted by Gasteiger charge is 2.74. The molecule has 14 heteroatoms. The van der Waals surface area contributed by atoms with Gasteiger partial charge in [-0.1, -0.05) is 6.07 Å². The van der Waals surface area contributed by atoms with Crippen LogP contribution < -0.4 is 14.4 Å². The first-order valence-electron chi connectivity index (χ1n) is 12.0. The van der Waals surface area contributed by atoms with Gasteiger partial charge in [-0.2, -0.15) is 18.3 Å². The van der Waals surface area contributed by atoms with E-state index in [1.807, 2.05) is 0 Å². The summed E-state index contributed by atoms with van der Waals surface area (Å²) in [5.41, 5.74) is -3.01. The molecule has 3 aliphatic carbocycles. The van der Waals surface area contributed by atoms with Crippen molar-refractivity contribution in [1.29, 1.82) is 0 Å². The van der Waals surface area contributed by atoms with Gasteiger partial charge >= 0.3 is 18.4 Å². The lowest BCUT2D eigenvalue weighted by Crippen LogP contribution is -2.67. The Morgan fingerprint density at radius 3 is 2.38 bits per heavy atom. The first-order chi connectivity index (χ1) is 18.6. The van der Waals surface area contributed by atoms with Crippen molar-refractivity contribution in [2.24, 2.45) is 10.8 Å². The average molecular weight is 565 g/mol. The molecule has 3 saturated carbocycles. The number of aromatic nitrogens is 2. The number of fused-ring (bicyclic) bond motifs is 1. The van der Waals surface area contributed by atoms with E-state index in [9.17, 15) is 41.8 Å². The summed E-state index contributed by atoms with van der Waals surface area (Å²) in [7, 11) is 1.37. The van der Waals surface area contributed by atoms with Gasteiger partial charge in [-0.25, -0.2) is 4.68 Å². The normalized spacial score (nSPS) is 24.6. The maximum atomic E-state index is 13.6. The number of carboxylic acids is 1. The number of anilines is 1. The molecule has 3 fully saturated rings. The number of halogens is 5. The van der Waals surface area contributed by atoms with Crippen LogP contribution in [0, 0.1) is 10.8 Å². The van der Waals surface area contributed by atoms with Crippen LogP contribution in [-0.4, -0.2) is 45.2 Å². The van der Waals surface area contributed by atoms with Crippen molar-refractivity contribution < 1.29 is 51.2 Å². The fourth-order valence-electron chi connectivity index (χ4n) is 5.86. The molecule has 0 radical (unpaired) electrons. The Morgan fingerprint density at radius 1 is 1.05 bits per heavy atom. The van der Waals surface area contributed by atoms with Crippen molar-refractivity contribution in [3.63, 3.8) is 0 Å². The minimum absolute atomic E-state index is 0.0304. The van der Waals surface area contributed by atoms with E-state index in [-0.39, 0.29) is 53.4 Å². The average Bonchev–Trinajstić information content (AvgIpc) is 3.41. The molecule has 4 aliphatic rings. The third kappa shape index (κ3) is 3.88. The summed E-state index contributed by atoms with van der Waals surface area (Å²) in [4.78, 5) is 25.9. The second-order valence-electron chi connectivity index (χ2n) is 10.5. The smallest absolute Gasteiger partial charge is 0.481 e. The second kappa shape index (κ2) is 8.16. The Labute approximate surface area is 222 Å². The van der Waals surface area contributed by atoms with Gasteiger partial charge in [0.1, 0.15) is 6.10 Å². The Bertz CT molecular complexity index is 1550. The molecule has 1 atom stereocenters. The first kappa shape index (κ1) is 26.0. The summed E-state index contributed by atoms with van der Waals surface area (Å²) < 4.78 is 77.3. The maximum Gasteiger partial charge on any atom is 0.586 e. The fraction of sp³-hybridized carbons (Fsp3) is 0.346. The monoisotopic (exact) mass is 565 g/mol. The largest absolute Gasteiger partial charge is 0.586 e. The minimum Gasteiger partial charge on any atom is -0.481 e. The van der Waals surface area contributed by atoms with E-state index in [0.717, 1.165) is 15.6 Å². The number of rotatable bonds is 6. The van der Waals surface area contributed by atoms with E-state index in [1.54, 1.807) is 0 Å². The lowest BCUT2D eigenvalue weighted by molar-refractivity contribution is -0.286. The van der Waals surface area contributed by atoms with Gasteiger partial charge in [0.2, 0.25) is 0 Å². The summed E-state index contributed by atoms with van der Waals surface area (Å²) in [6.07, 6.45) is -9.70. The van der Waals surface area contributed by atoms with E-state index in [4.69, 9.17) is 0 Å². The summed E-state index contributed by atoms with van der Waals surface area (Å²) in [5.74, 6) is -2.11. The number of carboxylic acid groups (broad SMARTS) is 1. The molecule has 2 heterocycles. The number of aliphatic hydroxyl groups is 1. The molecule has 210 valence electrons. The molecule has 40 heavy (non-hydrogen) atoms. The fourth-order valence-corrected chi connectivity index (χ4v) is 5.86. The number of hydrogen-bond acceptors (Lipinski definition) is 6. The third-order valence-corrected chi connectivity index (χ3v) is 7.83. The lowest BCUT2D eigenvalue weighted by Gasteiger charge is -2.69. The van der Waals surface area contributed by atoms with Crippen molar-refractivity contribution >= 4 is 17.6 Å². The van der Waals surface area contributed by atoms with Gasteiger partial charge in [0.15, 0.2) is 17.2 Å². The third-order valence-electron chi connectivity index (χ3n) is 7.83. The van der Waals surface area contributed by atoms with Crippen LogP contribution in [0.3, 0.4) is 0 Å². The Balaban J connectivity index is 1.31. The van der Waals surface area contributed by atoms with Gasteiger partial charge in [-0.3, -0.25) is 9.59 Å². The number of aliphatic hydroxyl groups excluding tert-OH is 1. The zero-order valence-electron chi connectivity index (χ0n) is 20.6. The molecule has 2 bridgehead atoms. The van der Waals surface area contributed by atoms with Crippen LogP contribution in [0.15, 0.2) is 48.5 Å². The molecule has 0 spiro atoms. The predicted octanol–water partition coefficient (Wildman–Crippen LogP) is 4.78. The molecule has 9 nitrogen and oxygen atoms in total. The van der Waals surface area contributed by atoms with Crippen LogP contribution in [0.1, 0.15) is 47.1 Å². The highest BCUT2D eigenvalue weighted by atomic mass is 19.4. The molecule has 2 aromatic carbocycles. The number of carbonyl (C=O) groups excluding carboxylic acids is 1. The van der Waals surface area contributed by atoms with Crippen LogP contribution in [0.5, 0.6) is 11.5 Å². The minimum atomic E-state index is -4.83. The summed E-state index contributed by atoms with van der Waals surface area (Å²) in [5, 5.41) is 24.2. The zero-order valence-corrected chi connectivity index (χ0v) is 20.6. The van der Waals surface area contributed by atoms with Gasteiger partial charge < -0.3 is 24.6 Å². The van der Waals surface area contributed by atoms with E-state index >= 15 is 0 Å². The van der Waals surface area contributed by atoms with Crippen LogP contribution >= 0.6 is 0 Å². The molecule has 1 aliphatic heterocycles. The standard InChI is InChI=1S/C26H20F5N3O6/c1-33(14-5-6-17-18(8-14)40-26(30,31)39-17)21(36)13-3-2-4-15(7-13)34-16(9-19(32-34)25(27,28)29)20(35)23-10-24(11-23,12-23)22(37)38/h2-9,20,35H,10-12H2,1H3,(H,37,38). The van der Waals surface area contributed by atoms with Gasteiger partial charge in [-0.05, 0) is 55.7 Å². The molecule has 0 saturated heterocycles. The van der Waals surface area contributed by atoms with Crippen LogP contribution in [0.4, 0.5) is 27.6 Å². The number of ether oxygens (including phenoxy) is 2. The summed E-state index contributed by atoms with van der Waals surface area (Å²) >= 11 is 0. The number of aliphatic carboxylic acids is 1. The number of nitrogens with zero attached hydrogens (tertiary/aromatic N) is 3. The lowest BCUT2D eigenvalue weighted by atomic mass is 9.33. The first-order valence-corrected chi connectivity index (χ1v) is 12.0. The Morgan fingerprint density at radius 2 is 1.73 bits per heavy atom. The van der Waals surface area contributed by atoms with E-state index in [0.29, 0.717) is 0 Å². The maximum absolute atomic E-state index is 13.6. The number of alkyl halides is 5. The van der Waals surface area contributed by atoms with Gasteiger partial charge in [0.05, 0.1) is 16.8 Å². The topological polar surface area (TPSA) is 114 Å². The van der Waals surface area contributed by atoms with Crippen LogP contribution in [-0.2, 0) is 11.0 Å². The van der Waals surface area contributed by atoms with Gasteiger partial charge in [0.25, 0.3) is 5.91 Å². The van der Waals surface area contributed by atoms with E-state index in [1.165, 1.54) is 49.5 Å². The number of hydrogen-bond donors (Lipinski definition) is 2. The molecular formula is C26H20F5N3O6. The van der Waals surface area contributed by atoms with Gasteiger partial charge in [-0.15, -0.1) is 8.78 Å². The van der Waals surface area contributed by atoms with Crippen molar-refractivity contribution in [3.05, 3.63) is 65.5 Å². The highest BCUT2D eigenvalue weighted by molar-refractivity contribution is 6.06. The molecule has 3 aromatic rings. The van der Waals surface area contributed by atoms with Gasteiger partial charge in [0, 0.05) is 29.8 Å². The Kier molecular flexibility index (Phi) is 5.31. The molecule has 1 unspecified atom stereocenters.